The van der Waals surface area contributed by atoms with Crippen molar-refractivity contribution in [3.63, 3.8) is 0 Å². The van der Waals surface area contributed by atoms with Crippen LogP contribution < -0.4 is 5.43 Å². The molecule has 0 spiro atoms. The van der Waals surface area contributed by atoms with Gasteiger partial charge in [0.25, 0.3) is 11.6 Å². The monoisotopic (exact) mass is 346 g/mol. The van der Waals surface area contributed by atoms with Crippen LogP contribution >= 0.6 is 11.6 Å². The first-order valence-corrected chi connectivity index (χ1v) is 6.95. The average Bonchev–Trinajstić information content (AvgIpc) is 2.58. The molecule has 0 fully saturated rings. The van der Waals surface area contributed by atoms with Gasteiger partial charge in [-0.15, -0.1) is 0 Å². The number of non-ortho nitro benzene ring substituents is 1. The molecule has 2 aromatic rings. The number of rotatable bonds is 5. The number of amides is 1. The summed E-state index contributed by atoms with van der Waals surface area (Å²) < 4.78 is 0. The zero-order valence-electron chi connectivity index (χ0n) is 12.1. The number of carbonyl (C=O) groups is 1. The minimum atomic E-state index is -0.573. The van der Waals surface area contributed by atoms with Crippen molar-refractivity contribution in [2.24, 2.45) is 10.3 Å². The lowest BCUT2D eigenvalue weighted by atomic mass is 10.1. The lowest BCUT2D eigenvalue weighted by Crippen LogP contribution is -2.20. The lowest BCUT2D eigenvalue weighted by molar-refractivity contribution is -0.384. The number of nitro groups is 1. The maximum absolute atomic E-state index is 12.0. The van der Waals surface area contributed by atoms with Crippen LogP contribution in [0.5, 0.6) is 0 Å². The van der Waals surface area contributed by atoms with Crippen LogP contribution in [0, 0.1) is 10.1 Å². The summed E-state index contributed by atoms with van der Waals surface area (Å²) in [6, 6.07) is 11.6. The van der Waals surface area contributed by atoms with Gasteiger partial charge in [0, 0.05) is 28.3 Å². The predicted octanol–water partition coefficient (Wildman–Crippen LogP) is 2.84. The lowest BCUT2D eigenvalue weighted by Gasteiger charge is -2.03. The number of hydrogen-bond acceptors (Lipinski definition) is 6. The molecule has 0 saturated heterocycles. The molecule has 9 heteroatoms. The number of nitrogens with zero attached hydrogens (tertiary/aromatic N) is 3. The summed E-state index contributed by atoms with van der Waals surface area (Å²) in [6.45, 7) is 0. The molecule has 0 aliphatic rings. The zero-order valence-corrected chi connectivity index (χ0v) is 12.8. The summed E-state index contributed by atoms with van der Waals surface area (Å²) in [5.41, 5.74) is 3.06. The van der Waals surface area contributed by atoms with E-state index in [4.69, 9.17) is 16.8 Å². The van der Waals surface area contributed by atoms with Gasteiger partial charge in [0.15, 0.2) is 0 Å². The first-order chi connectivity index (χ1) is 11.5. The van der Waals surface area contributed by atoms with Crippen LogP contribution in [0.4, 0.5) is 5.69 Å². The Kier molecular flexibility index (Phi) is 5.58. The van der Waals surface area contributed by atoms with Gasteiger partial charge in [-0.2, -0.15) is 5.10 Å². The van der Waals surface area contributed by atoms with Crippen molar-refractivity contribution in [1.82, 2.24) is 5.43 Å². The van der Waals surface area contributed by atoms with Gasteiger partial charge in [0.05, 0.1) is 11.1 Å². The topological polar surface area (TPSA) is 117 Å². The largest absolute Gasteiger partial charge is 0.411 e. The van der Waals surface area contributed by atoms with Crippen LogP contribution in [-0.2, 0) is 0 Å². The molecule has 0 atom stereocenters. The van der Waals surface area contributed by atoms with Gasteiger partial charge >= 0.3 is 0 Å². The number of nitrogens with one attached hydrogen (secondary N) is 1. The standard InChI is InChI=1S/C15H11ClN4O4/c16-12-3-1-2-11(8-12)14(9-17-22)18-19-15(21)10-4-6-13(7-5-10)20(23)24/h1-9,22H,(H,19,21). The highest BCUT2D eigenvalue weighted by atomic mass is 35.5. The Bertz CT molecular complexity index is 818. The Labute approximate surface area is 141 Å². The Hall–Kier alpha value is -3.26. The van der Waals surface area contributed by atoms with Crippen molar-refractivity contribution in [3.05, 3.63) is 74.8 Å². The molecule has 8 nitrogen and oxygen atoms in total. The van der Waals surface area contributed by atoms with Crippen molar-refractivity contribution in [1.29, 1.82) is 0 Å². The summed E-state index contributed by atoms with van der Waals surface area (Å²) in [5.74, 6) is -0.573. The highest BCUT2D eigenvalue weighted by Crippen LogP contribution is 2.13. The molecule has 0 saturated carbocycles. The predicted molar refractivity (Wildman–Crippen MR) is 88.8 cm³/mol. The molecule has 2 aromatic carbocycles. The van der Waals surface area contributed by atoms with E-state index < -0.39 is 10.8 Å². The number of nitro benzene ring substituents is 1. The third kappa shape index (κ3) is 4.37. The van der Waals surface area contributed by atoms with Crippen molar-refractivity contribution in [2.75, 3.05) is 0 Å². The van der Waals surface area contributed by atoms with Gasteiger partial charge in [-0.05, 0) is 24.3 Å². The molecule has 24 heavy (non-hydrogen) atoms. The molecule has 0 aliphatic carbocycles. The number of carbonyl (C=O) groups excluding carboxylic acids is 1. The summed E-state index contributed by atoms with van der Waals surface area (Å²) in [5, 5.41) is 26.5. The Morgan fingerprint density at radius 2 is 1.92 bits per heavy atom. The first kappa shape index (κ1) is 17.1. The van der Waals surface area contributed by atoms with Crippen molar-refractivity contribution in [3.8, 4) is 0 Å². The molecule has 0 radical (unpaired) electrons. The molecular formula is C15H11ClN4O4. The molecule has 1 amide bonds. The Morgan fingerprint density at radius 3 is 2.50 bits per heavy atom. The maximum atomic E-state index is 12.0. The smallest absolute Gasteiger partial charge is 0.271 e. The van der Waals surface area contributed by atoms with Gasteiger partial charge in [-0.1, -0.05) is 28.9 Å². The van der Waals surface area contributed by atoms with E-state index >= 15 is 0 Å². The number of hydrazone groups is 1. The van der Waals surface area contributed by atoms with Gasteiger partial charge in [-0.3, -0.25) is 14.9 Å². The van der Waals surface area contributed by atoms with Crippen LogP contribution in [0.3, 0.4) is 0 Å². The van der Waals surface area contributed by atoms with Gasteiger partial charge in [0.2, 0.25) is 0 Å². The van der Waals surface area contributed by atoms with E-state index in [1.54, 1.807) is 24.3 Å². The first-order valence-electron chi connectivity index (χ1n) is 6.57. The third-order valence-electron chi connectivity index (χ3n) is 2.92. The van der Waals surface area contributed by atoms with Crippen LogP contribution in [0.15, 0.2) is 58.8 Å². The van der Waals surface area contributed by atoms with Crippen molar-refractivity contribution >= 4 is 35.1 Å². The van der Waals surface area contributed by atoms with Crippen molar-refractivity contribution < 1.29 is 14.9 Å². The highest BCUT2D eigenvalue weighted by molar-refractivity contribution is 6.39. The maximum Gasteiger partial charge on any atom is 0.271 e. The van der Waals surface area contributed by atoms with E-state index in [9.17, 15) is 14.9 Å². The molecule has 122 valence electrons. The number of oxime groups is 1. The SMILES string of the molecule is O=C(NN=C(C=NO)c1cccc(Cl)c1)c1ccc([N+](=O)[O-])cc1. The summed E-state index contributed by atoms with van der Waals surface area (Å²) >= 11 is 5.88. The molecule has 2 rings (SSSR count). The van der Waals surface area contributed by atoms with E-state index in [-0.39, 0.29) is 17.0 Å². The van der Waals surface area contributed by atoms with Crippen LogP contribution in [-0.4, -0.2) is 28.0 Å². The minimum absolute atomic E-state index is 0.123. The van der Waals surface area contributed by atoms with E-state index in [1.807, 2.05) is 0 Å². The fourth-order valence-corrected chi connectivity index (χ4v) is 1.97. The normalized spacial score (nSPS) is 11.5. The fourth-order valence-electron chi connectivity index (χ4n) is 1.78. The molecule has 0 aromatic heterocycles. The molecule has 0 aliphatic heterocycles. The number of halogens is 1. The van der Waals surface area contributed by atoms with E-state index in [0.717, 1.165) is 6.21 Å². The second-order valence-electron chi connectivity index (χ2n) is 4.50. The van der Waals surface area contributed by atoms with Crippen LogP contribution in [0.2, 0.25) is 5.02 Å². The summed E-state index contributed by atoms with van der Waals surface area (Å²) in [7, 11) is 0. The van der Waals surface area contributed by atoms with E-state index in [1.165, 1.54) is 24.3 Å². The van der Waals surface area contributed by atoms with E-state index in [0.29, 0.717) is 10.6 Å². The zero-order chi connectivity index (χ0) is 17.5. The second-order valence-corrected chi connectivity index (χ2v) is 4.93. The Morgan fingerprint density at radius 1 is 1.21 bits per heavy atom. The molecule has 0 heterocycles. The molecule has 2 N–H and O–H groups in total. The van der Waals surface area contributed by atoms with Gasteiger partial charge < -0.3 is 5.21 Å². The summed E-state index contributed by atoms with van der Waals surface area (Å²) in [6.07, 6.45) is 1.04. The number of hydrogen-bond donors (Lipinski definition) is 2. The second kappa shape index (κ2) is 7.84. The van der Waals surface area contributed by atoms with Crippen LogP contribution in [0.25, 0.3) is 0 Å². The summed E-state index contributed by atoms with van der Waals surface area (Å²) in [4.78, 5) is 22.0. The number of benzene rings is 2. The Balaban J connectivity index is 2.19. The van der Waals surface area contributed by atoms with Gasteiger partial charge in [0.1, 0.15) is 5.71 Å². The van der Waals surface area contributed by atoms with Crippen molar-refractivity contribution in [2.45, 2.75) is 0 Å². The van der Waals surface area contributed by atoms with Gasteiger partial charge in [-0.25, -0.2) is 5.43 Å². The third-order valence-corrected chi connectivity index (χ3v) is 3.15. The average molecular weight is 347 g/mol. The van der Waals surface area contributed by atoms with Crippen LogP contribution in [0.1, 0.15) is 15.9 Å². The quantitative estimate of drug-likeness (QED) is 0.374. The minimum Gasteiger partial charge on any atom is -0.411 e. The fraction of sp³-hybridized carbons (Fsp3) is 0. The van der Waals surface area contributed by atoms with E-state index in [2.05, 4.69) is 15.7 Å². The highest BCUT2D eigenvalue weighted by Gasteiger charge is 2.10. The molecule has 0 bridgehead atoms. The molecule has 0 unspecified atom stereocenters. The molecular weight excluding hydrogens is 336 g/mol.